The lowest BCUT2D eigenvalue weighted by Crippen LogP contribution is -2.40. The lowest BCUT2D eigenvalue weighted by Gasteiger charge is -2.41. The van der Waals surface area contributed by atoms with Crippen LogP contribution in [-0.4, -0.2) is 22.3 Å². The molecule has 2 aliphatic carbocycles. The van der Waals surface area contributed by atoms with Gasteiger partial charge in [-0.3, -0.25) is 4.79 Å². The second kappa shape index (κ2) is 3.89. The van der Waals surface area contributed by atoms with Gasteiger partial charge in [-0.1, -0.05) is 19.3 Å². The van der Waals surface area contributed by atoms with E-state index in [1.165, 1.54) is 12.8 Å². The first-order chi connectivity index (χ1) is 6.68. The highest BCUT2D eigenvalue weighted by Gasteiger charge is 2.41. The third-order valence-corrected chi connectivity index (χ3v) is 3.90. The molecule has 2 rings (SSSR count). The minimum absolute atomic E-state index is 0.288. The number of carboxylic acid groups (broad SMARTS) is 1. The summed E-state index contributed by atoms with van der Waals surface area (Å²) in [5.74, 6) is -0.192. The van der Waals surface area contributed by atoms with E-state index in [9.17, 15) is 9.90 Å². The number of hydrogen-bond acceptors (Lipinski definition) is 2. The molecule has 0 aromatic rings. The second-order valence-corrected chi connectivity index (χ2v) is 4.78. The molecule has 0 aliphatic heterocycles. The zero-order chi connectivity index (χ0) is 10.1. The Morgan fingerprint density at radius 1 is 1.14 bits per heavy atom. The molecule has 80 valence electrons. The van der Waals surface area contributed by atoms with Crippen LogP contribution in [-0.2, 0) is 4.79 Å². The second-order valence-electron chi connectivity index (χ2n) is 4.78. The lowest BCUT2D eigenvalue weighted by molar-refractivity contribution is -0.149. The van der Waals surface area contributed by atoms with Crippen LogP contribution in [0.4, 0.5) is 0 Å². The van der Waals surface area contributed by atoms with Crippen molar-refractivity contribution in [3.63, 3.8) is 0 Å². The number of aliphatic hydroxyl groups is 1. The predicted molar refractivity (Wildman–Crippen MR) is 51.8 cm³/mol. The van der Waals surface area contributed by atoms with Gasteiger partial charge in [0.2, 0.25) is 0 Å². The van der Waals surface area contributed by atoms with Crippen molar-refractivity contribution in [1.29, 1.82) is 0 Å². The first-order valence-electron chi connectivity index (χ1n) is 5.59. The Hall–Kier alpha value is -0.570. The standard InChI is InChI=1S/C11H18O3/c12-8-5-7-3-1-2-4-9(7)10(6-8)11(13)14/h7-10,12H,1-6H2,(H,13,14). The third-order valence-electron chi connectivity index (χ3n) is 3.90. The van der Waals surface area contributed by atoms with Crippen LogP contribution < -0.4 is 0 Å². The molecule has 0 amide bonds. The van der Waals surface area contributed by atoms with Gasteiger partial charge in [0, 0.05) is 0 Å². The average Bonchev–Trinajstić information content (AvgIpc) is 2.16. The molecule has 0 spiro atoms. The summed E-state index contributed by atoms with van der Waals surface area (Å²) in [6.45, 7) is 0. The van der Waals surface area contributed by atoms with Crippen LogP contribution in [0.15, 0.2) is 0 Å². The highest BCUT2D eigenvalue weighted by Crippen LogP contribution is 2.43. The molecule has 0 heterocycles. The maximum atomic E-state index is 11.0. The maximum Gasteiger partial charge on any atom is 0.306 e. The van der Waals surface area contributed by atoms with Gasteiger partial charge in [0.25, 0.3) is 0 Å². The van der Waals surface area contributed by atoms with Gasteiger partial charge in [0.05, 0.1) is 12.0 Å². The van der Waals surface area contributed by atoms with Crippen molar-refractivity contribution in [2.75, 3.05) is 0 Å². The molecule has 2 saturated carbocycles. The van der Waals surface area contributed by atoms with Crippen molar-refractivity contribution >= 4 is 5.97 Å². The van der Waals surface area contributed by atoms with E-state index in [1.807, 2.05) is 0 Å². The van der Waals surface area contributed by atoms with E-state index >= 15 is 0 Å². The normalized spacial score (nSPS) is 42.9. The highest BCUT2D eigenvalue weighted by molar-refractivity contribution is 5.70. The highest BCUT2D eigenvalue weighted by atomic mass is 16.4. The molecule has 0 saturated heterocycles. The van der Waals surface area contributed by atoms with Gasteiger partial charge in [0.1, 0.15) is 0 Å². The van der Waals surface area contributed by atoms with Crippen LogP contribution in [0.25, 0.3) is 0 Å². The molecule has 0 bridgehead atoms. The topological polar surface area (TPSA) is 57.5 Å². The van der Waals surface area contributed by atoms with E-state index in [0.29, 0.717) is 18.3 Å². The van der Waals surface area contributed by atoms with Crippen LogP contribution in [0.5, 0.6) is 0 Å². The van der Waals surface area contributed by atoms with E-state index in [2.05, 4.69) is 0 Å². The molecule has 3 nitrogen and oxygen atoms in total. The fourth-order valence-corrected chi connectivity index (χ4v) is 3.26. The number of hydrogen-bond donors (Lipinski definition) is 2. The predicted octanol–water partition coefficient (Wildman–Crippen LogP) is 1.65. The number of carbonyl (C=O) groups is 1. The van der Waals surface area contributed by atoms with Gasteiger partial charge in [-0.2, -0.15) is 0 Å². The Morgan fingerprint density at radius 3 is 2.57 bits per heavy atom. The van der Waals surface area contributed by atoms with Crippen LogP contribution in [0.1, 0.15) is 38.5 Å². The quantitative estimate of drug-likeness (QED) is 0.673. The van der Waals surface area contributed by atoms with Crippen molar-refractivity contribution in [1.82, 2.24) is 0 Å². The molecule has 2 fully saturated rings. The maximum absolute atomic E-state index is 11.0. The lowest BCUT2D eigenvalue weighted by atomic mass is 9.65. The number of aliphatic carboxylic acids is 1. The Morgan fingerprint density at radius 2 is 1.86 bits per heavy atom. The van der Waals surface area contributed by atoms with Crippen LogP contribution in [0.3, 0.4) is 0 Å². The molecule has 0 aromatic heterocycles. The van der Waals surface area contributed by atoms with Gasteiger partial charge >= 0.3 is 5.97 Å². The Balaban J connectivity index is 2.10. The van der Waals surface area contributed by atoms with Crippen LogP contribution >= 0.6 is 0 Å². The van der Waals surface area contributed by atoms with Gasteiger partial charge in [-0.25, -0.2) is 0 Å². The summed E-state index contributed by atoms with van der Waals surface area (Å²) in [4.78, 5) is 11.0. The Labute approximate surface area is 84.1 Å². The smallest absolute Gasteiger partial charge is 0.306 e. The van der Waals surface area contributed by atoms with Crippen molar-refractivity contribution in [2.24, 2.45) is 17.8 Å². The molecule has 0 radical (unpaired) electrons. The van der Waals surface area contributed by atoms with Crippen molar-refractivity contribution in [2.45, 2.75) is 44.6 Å². The van der Waals surface area contributed by atoms with E-state index in [1.54, 1.807) is 0 Å². The number of rotatable bonds is 1. The molecule has 3 heteroatoms. The summed E-state index contributed by atoms with van der Waals surface area (Å²) >= 11 is 0. The van der Waals surface area contributed by atoms with Crippen LogP contribution in [0, 0.1) is 17.8 Å². The molecule has 2 aliphatic rings. The third kappa shape index (κ3) is 1.78. The molecule has 2 N–H and O–H groups in total. The van der Waals surface area contributed by atoms with Gasteiger partial charge in [-0.05, 0) is 31.1 Å². The molecule has 4 unspecified atom stereocenters. The summed E-state index contributed by atoms with van der Waals surface area (Å²) < 4.78 is 0. The van der Waals surface area contributed by atoms with E-state index in [4.69, 9.17) is 5.11 Å². The molecular weight excluding hydrogens is 180 g/mol. The largest absolute Gasteiger partial charge is 0.481 e. The van der Waals surface area contributed by atoms with E-state index in [-0.39, 0.29) is 12.0 Å². The monoisotopic (exact) mass is 198 g/mol. The fraction of sp³-hybridized carbons (Fsp3) is 0.909. The fourth-order valence-electron chi connectivity index (χ4n) is 3.26. The molecule has 0 aromatic carbocycles. The van der Waals surface area contributed by atoms with Gasteiger partial charge < -0.3 is 10.2 Å². The van der Waals surface area contributed by atoms with Crippen molar-refractivity contribution in [3.8, 4) is 0 Å². The number of aliphatic hydroxyl groups excluding tert-OH is 1. The van der Waals surface area contributed by atoms with Crippen molar-refractivity contribution in [3.05, 3.63) is 0 Å². The summed E-state index contributed by atoms with van der Waals surface area (Å²) in [7, 11) is 0. The summed E-state index contributed by atoms with van der Waals surface area (Å²) in [6.07, 6.45) is 5.46. The Kier molecular flexibility index (Phi) is 2.77. The van der Waals surface area contributed by atoms with Crippen LogP contribution in [0.2, 0.25) is 0 Å². The number of carboxylic acids is 1. The van der Waals surface area contributed by atoms with E-state index < -0.39 is 5.97 Å². The van der Waals surface area contributed by atoms with Gasteiger partial charge in [0.15, 0.2) is 0 Å². The minimum Gasteiger partial charge on any atom is -0.481 e. The number of fused-ring (bicyclic) bond motifs is 1. The first kappa shape index (κ1) is 9.97. The zero-order valence-corrected chi connectivity index (χ0v) is 8.35. The first-order valence-corrected chi connectivity index (χ1v) is 5.59. The Bertz CT molecular complexity index is 227. The zero-order valence-electron chi connectivity index (χ0n) is 8.35. The molecular formula is C11H18O3. The average molecular weight is 198 g/mol. The molecule has 14 heavy (non-hydrogen) atoms. The van der Waals surface area contributed by atoms with Gasteiger partial charge in [-0.15, -0.1) is 0 Å². The van der Waals surface area contributed by atoms with Crippen molar-refractivity contribution < 1.29 is 15.0 Å². The SMILES string of the molecule is O=C(O)C1CC(O)CC2CCCCC21. The molecule has 4 atom stereocenters. The minimum atomic E-state index is -0.708. The summed E-state index contributed by atoms with van der Waals surface area (Å²) in [6, 6.07) is 0. The summed E-state index contributed by atoms with van der Waals surface area (Å²) in [5, 5.41) is 18.7. The summed E-state index contributed by atoms with van der Waals surface area (Å²) in [5.41, 5.74) is 0. The van der Waals surface area contributed by atoms with E-state index in [0.717, 1.165) is 19.3 Å².